The normalized spacial score (nSPS) is 10.7. The van der Waals surface area contributed by atoms with Gasteiger partial charge in [-0.3, -0.25) is 0 Å². The molecule has 0 fully saturated rings. The first-order valence-electron chi connectivity index (χ1n) is 6.11. The summed E-state index contributed by atoms with van der Waals surface area (Å²) in [5, 5.41) is 13.2. The van der Waals surface area contributed by atoms with E-state index >= 15 is 0 Å². The van der Waals surface area contributed by atoms with Gasteiger partial charge in [0.15, 0.2) is 11.5 Å². The van der Waals surface area contributed by atoms with Gasteiger partial charge in [-0.25, -0.2) is 9.48 Å². The fourth-order valence-corrected chi connectivity index (χ4v) is 2.00. The lowest BCUT2D eigenvalue weighted by Crippen LogP contribution is -2.01. The maximum Gasteiger partial charge on any atom is 0.356 e. The van der Waals surface area contributed by atoms with Crippen molar-refractivity contribution < 1.29 is 14.3 Å². The van der Waals surface area contributed by atoms with Crippen molar-refractivity contribution in [3.63, 3.8) is 0 Å². The van der Waals surface area contributed by atoms with E-state index in [0.29, 0.717) is 11.5 Å². The Bertz CT molecular complexity index is 757. The Hall–Kier alpha value is -2.82. The van der Waals surface area contributed by atoms with Gasteiger partial charge in [0.1, 0.15) is 11.5 Å². The minimum absolute atomic E-state index is 0.0158. The highest BCUT2D eigenvalue weighted by Gasteiger charge is 2.17. The van der Waals surface area contributed by atoms with Gasteiger partial charge in [0.25, 0.3) is 0 Å². The van der Waals surface area contributed by atoms with E-state index < -0.39 is 5.97 Å². The molecule has 2 aromatic heterocycles. The van der Waals surface area contributed by atoms with Gasteiger partial charge in [0, 0.05) is 6.07 Å². The summed E-state index contributed by atoms with van der Waals surface area (Å²) >= 11 is 0. The van der Waals surface area contributed by atoms with Gasteiger partial charge in [0.05, 0.1) is 5.69 Å². The van der Waals surface area contributed by atoms with Crippen LogP contribution in [0.4, 0.5) is 0 Å². The van der Waals surface area contributed by atoms with Crippen LogP contribution in [0.3, 0.4) is 0 Å². The number of benzene rings is 1. The molecular formula is C15H12N2O3. The van der Waals surface area contributed by atoms with Crippen molar-refractivity contribution >= 4 is 5.97 Å². The molecule has 5 heteroatoms. The Kier molecular flexibility index (Phi) is 2.87. The predicted octanol–water partition coefficient (Wildman–Crippen LogP) is 3.14. The Morgan fingerprint density at radius 2 is 1.95 bits per heavy atom. The number of aryl methyl sites for hydroxylation is 1. The van der Waals surface area contributed by atoms with Gasteiger partial charge in [-0.1, -0.05) is 18.2 Å². The average molecular weight is 268 g/mol. The Morgan fingerprint density at radius 3 is 2.55 bits per heavy atom. The summed E-state index contributed by atoms with van der Waals surface area (Å²) in [6.07, 6.45) is 0. The van der Waals surface area contributed by atoms with Gasteiger partial charge in [-0.2, -0.15) is 5.10 Å². The molecule has 1 N–H and O–H groups in total. The smallest absolute Gasteiger partial charge is 0.356 e. The number of carboxylic acid groups (broad SMARTS) is 1. The van der Waals surface area contributed by atoms with Crippen molar-refractivity contribution in [2.24, 2.45) is 0 Å². The molecule has 0 aliphatic heterocycles. The van der Waals surface area contributed by atoms with Crippen LogP contribution in [-0.4, -0.2) is 20.9 Å². The predicted molar refractivity (Wildman–Crippen MR) is 73.0 cm³/mol. The lowest BCUT2D eigenvalue weighted by atomic mass is 10.2. The first kappa shape index (κ1) is 12.2. The molecule has 0 atom stereocenters. The lowest BCUT2D eigenvalue weighted by molar-refractivity contribution is 0.0690. The number of aromatic carboxylic acids is 1. The van der Waals surface area contributed by atoms with Crippen molar-refractivity contribution in [3.8, 4) is 17.1 Å². The molecule has 0 spiro atoms. The lowest BCUT2D eigenvalue weighted by Gasteiger charge is -2.04. The number of nitrogens with zero attached hydrogens (tertiary/aromatic N) is 2. The largest absolute Gasteiger partial charge is 0.476 e. The third kappa shape index (κ3) is 2.09. The minimum Gasteiger partial charge on any atom is -0.476 e. The van der Waals surface area contributed by atoms with Gasteiger partial charge in [-0.15, -0.1) is 0 Å². The highest BCUT2D eigenvalue weighted by Crippen LogP contribution is 2.25. The second kappa shape index (κ2) is 4.70. The van der Waals surface area contributed by atoms with Gasteiger partial charge in [-0.05, 0) is 31.2 Å². The van der Waals surface area contributed by atoms with E-state index in [0.717, 1.165) is 11.4 Å². The Morgan fingerprint density at radius 1 is 1.20 bits per heavy atom. The highest BCUT2D eigenvalue weighted by molar-refractivity contribution is 5.87. The molecule has 100 valence electrons. The van der Waals surface area contributed by atoms with Crippen LogP contribution in [0.5, 0.6) is 0 Å². The van der Waals surface area contributed by atoms with Crippen LogP contribution in [0.25, 0.3) is 17.1 Å². The zero-order valence-electron chi connectivity index (χ0n) is 10.8. The SMILES string of the molecule is Cc1ccc(-c2cc(C(=O)O)nn2-c2ccccc2)o1. The monoisotopic (exact) mass is 268 g/mol. The quantitative estimate of drug-likeness (QED) is 0.792. The van der Waals surface area contributed by atoms with E-state index in [2.05, 4.69) is 5.10 Å². The van der Waals surface area contributed by atoms with E-state index in [1.54, 1.807) is 10.7 Å². The van der Waals surface area contributed by atoms with Crippen molar-refractivity contribution in [2.45, 2.75) is 6.92 Å². The van der Waals surface area contributed by atoms with Gasteiger partial charge >= 0.3 is 5.97 Å². The molecule has 0 aliphatic carbocycles. The number of aromatic nitrogens is 2. The van der Waals surface area contributed by atoms with Crippen LogP contribution in [-0.2, 0) is 0 Å². The van der Waals surface area contributed by atoms with Crippen molar-refractivity contribution in [3.05, 3.63) is 60.0 Å². The summed E-state index contributed by atoms with van der Waals surface area (Å²) < 4.78 is 7.14. The van der Waals surface area contributed by atoms with Crippen LogP contribution >= 0.6 is 0 Å². The third-order valence-corrected chi connectivity index (χ3v) is 2.92. The Labute approximate surface area is 115 Å². The van der Waals surface area contributed by atoms with Crippen molar-refractivity contribution in [2.75, 3.05) is 0 Å². The first-order valence-corrected chi connectivity index (χ1v) is 6.11. The van der Waals surface area contributed by atoms with E-state index in [1.807, 2.05) is 43.3 Å². The molecule has 20 heavy (non-hydrogen) atoms. The molecule has 5 nitrogen and oxygen atoms in total. The van der Waals surface area contributed by atoms with Crippen LogP contribution in [0.1, 0.15) is 16.2 Å². The standard InChI is InChI=1S/C15H12N2O3/c1-10-7-8-14(20-10)13-9-12(15(18)19)16-17(13)11-5-3-2-4-6-11/h2-9H,1H3,(H,18,19). The minimum atomic E-state index is -1.07. The van der Waals surface area contributed by atoms with Gasteiger partial charge < -0.3 is 9.52 Å². The van der Waals surface area contributed by atoms with E-state index in [4.69, 9.17) is 9.52 Å². The van der Waals surface area contributed by atoms with E-state index in [9.17, 15) is 4.79 Å². The number of hydrogen-bond donors (Lipinski definition) is 1. The fraction of sp³-hybridized carbons (Fsp3) is 0.0667. The van der Waals surface area contributed by atoms with Crippen LogP contribution in [0, 0.1) is 6.92 Å². The van der Waals surface area contributed by atoms with Crippen molar-refractivity contribution in [1.82, 2.24) is 9.78 Å². The molecule has 0 bridgehead atoms. The zero-order valence-corrected chi connectivity index (χ0v) is 10.8. The molecule has 1 aromatic carbocycles. The van der Waals surface area contributed by atoms with Crippen LogP contribution < -0.4 is 0 Å². The molecule has 3 rings (SSSR count). The molecule has 0 saturated carbocycles. The summed E-state index contributed by atoms with van der Waals surface area (Å²) in [6.45, 7) is 1.84. The number of carbonyl (C=O) groups is 1. The summed E-state index contributed by atoms with van der Waals surface area (Å²) in [7, 11) is 0. The highest BCUT2D eigenvalue weighted by atomic mass is 16.4. The number of para-hydroxylation sites is 1. The topological polar surface area (TPSA) is 68.3 Å². The second-order valence-corrected chi connectivity index (χ2v) is 4.38. The first-order chi connectivity index (χ1) is 9.65. The number of rotatable bonds is 3. The summed E-state index contributed by atoms with van der Waals surface area (Å²) in [5.74, 6) is 0.285. The maximum absolute atomic E-state index is 11.1. The number of furan rings is 1. The third-order valence-electron chi connectivity index (χ3n) is 2.92. The van der Waals surface area contributed by atoms with Crippen LogP contribution in [0.15, 0.2) is 52.9 Å². The molecule has 0 unspecified atom stereocenters. The second-order valence-electron chi connectivity index (χ2n) is 4.38. The molecule has 0 radical (unpaired) electrons. The molecular weight excluding hydrogens is 256 g/mol. The molecule has 2 heterocycles. The molecule has 0 amide bonds. The maximum atomic E-state index is 11.1. The van der Waals surface area contributed by atoms with Crippen molar-refractivity contribution in [1.29, 1.82) is 0 Å². The van der Waals surface area contributed by atoms with E-state index in [-0.39, 0.29) is 5.69 Å². The molecule has 3 aromatic rings. The fourth-order valence-electron chi connectivity index (χ4n) is 2.00. The van der Waals surface area contributed by atoms with E-state index in [1.165, 1.54) is 6.07 Å². The summed E-state index contributed by atoms with van der Waals surface area (Å²) in [5.41, 5.74) is 1.38. The molecule has 0 saturated heterocycles. The number of carboxylic acids is 1. The summed E-state index contributed by atoms with van der Waals surface area (Å²) in [6, 6.07) is 14.5. The van der Waals surface area contributed by atoms with Crippen LogP contribution in [0.2, 0.25) is 0 Å². The molecule has 0 aliphatic rings. The zero-order chi connectivity index (χ0) is 14.1. The average Bonchev–Trinajstić information content (AvgIpc) is 3.05. The summed E-state index contributed by atoms with van der Waals surface area (Å²) in [4.78, 5) is 11.1. The Balaban J connectivity index is 2.20. The number of hydrogen-bond acceptors (Lipinski definition) is 3. The van der Waals surface area contributed by atoms with Gasteiger partial charge in [0.2, 0.25) is 0 Å².